The Morgan fingerprint density at radius 2 is 1.09 bits per heavy atom. The van der Waals surface area contributed by atoms with E-state index in [9.17, 15) is 0 Å². The molecule has 0 N–H and O–H groups in total. The van der Waals surface area contributed by atoms with Crippen LogP contribution in [0, 0.1) is 0 Å². The van der Waals surface area contributed by atoms with E-state index < -0.39 is 0 Å². The molecule has 2 aromatic rings. The van der Waals surface area contributed by atoms with Crippen LogP contribution < -0.4 is 0 Å². The van der Waals surface area contributed by atoms with Gasteiger partial charge in [-0.2, -0.15) is 0 Å². The maximum Gasteiger partial charge on any atom is 0.0101 e. The zero-order valence-electron chi connectivity index (χ0n) is 14.8. The number of hydrogen-bond donors (Lipinski definition) is 0. The molecule has 0 unspecified atom stereocenters. The molecule has 0 heterocycles. The van der Waals surface area contributed by atoms with Gasteiger partial charge in [-0.25, -0.2) is 0 Å². The second-order valence-electron chi connectivity index (χ2n) is 6.59. The van der Waals surface area contributed by atoms with Gasteiger partial charge in [0.1, 0.15) is 0 Å². The van der Waals surface area contributed by atoms with Crippen LogP contribution in [-0.2, 0) is 0 Å². The lowest BCUT2D eigenvalue weighted by Gasteiger charge is -2.32. The van der Waals surface area contributed by atoms with Gasteiger partial charge in [-0.3, -0.25) is 4.90 Å². The smallest absolute Gasteiger partial charge is 0.0101 e. The lowest BCUT2D eigenvalue weighted by molar-refractivity contribution is 0.170. The van der Waals surface area contributed by atoms with Crippen LogP contribution in [-0.4, -0.2) is 23.5 Å². The Kier molecular flexibility index (Phi) is 8.36. The predicted molar refractivity (Wildman–Crippen MR) is 104 cm³/mol. The Labute approximate surface area is 148 Å². The number of benzene rings is 2. The summed E-state index contributed by atoms with van der Waals surface area (Å²) in [5.74, 6) is 0.474. The molecule has 0 spiro atoms. The average molecular weight is 332 g/mol. The molecule has 1 nitrogen and oxygen atoms in total. The molecule has 0 aliphatic heterocycles. The van der Waals surface area contributed by atoms with Gasteiger partial charge in [0.25, 0.3) is 0 Å². The Hall–Kier alpha value is -1.31. The third kappa shape index (κ3) is 5.67. The van der Waals surface area contributed by atoms with Gasteiger partial charge in [0, 0.05) is 18.0 Å². The molecule has 0 aliphatic carbocycles. The van der Waals surface area contributed by atoms with E-state index in [1.807, 2.05) is 0 Å². The Balaban J connectivity index is 0.00000264. The van der Waals surface area contributed by atoms with E-state index in [2.05, 4.69) is 93.3 Å². The van der Waals surface area contributed by atoms with Crippen LogP contribution in [0.15, 0.2) is 60.7 Å². The minimum atomic E-state index is 0. The van der Waals surface area contributed by atoms with Gasteiger partial charge in [-0.15, -0.1) is 12.4 Å². The van der Waals surface area contributed by atoms with Crippen molar-refractivity contribution in [1.29, 1.82) is 0 Å². The van der Waals surface area contributed by atoms with Crippen molar-refractivity contribution in [2.45, 2.75) is 52.1 Å². The first-order valence-corrected chi connectivity index (χ1v) is 8.45. The fourth-order valence-corrected chi connectivity index (χ4v) is 3.29. The van der Waals surface area contributed by atoms with Crippen molar-refractivity contribution >= 4 is 12.4 Å². The highest BCUT2D eigenvalue weighted by atomic mass is 35.5. The molecule has 0 saturated carbocycles. The Bertz CT molecular complexity index is 489. The summed E-state index contributed by atoms with van der Waals surface area (Å²) < 4.78 is 0. The van der Waals surface area contributed by atoms with Gasteiger partial charge in [0.05, 0.1) is 0 Å². The lowest BCUT2D eigenvalue weighted by atomic mass is 9.88. The van der Waals surface area contributed by atoms with Crippen molar-refractivity contribution in [3.8, 4) is 0 Å². The number of halogens is 1. The van der Waals surface area contributed by atoms with Gasteiger partial charge < -0.3 is 0 Å². The summed E-state index contributed by atoms with van der Waals surface area (Å²) in [6, 6.07) is 23.0. The average Bonchev–Trinajstić information content (AvgIpc) is 2.52. The van der Waals surface area contributed by atoms with Crippen molar-refractivity contribution in [2.24, 2.45) is 0 Å². The first-order valence-electron chi connectivity index (χ1n) is 8.45. The molecule has 0 aliphatic rings. The quantitative estimate of drug-likeness (QED) is 0.624. The van der Waals surface area contributed by atoms with Crippen LogP contribution in [0.3, 0.4) is 0 Å². The molecular weight excluding hydrogens is 302 g/mol. The highest BCUT2D eigenvalue weighted by Gasteiger charge is 2.18. The van der Waals surface area contributed by atoms with Gasteiger partial charge in [0.15, 0.2) is 0 Å². The first-order chi connectivity index (χ1) is 10.6. The summed E-state index contributed by atoms with van der Waals surface area (Å²) in [5, 5.41) is 0. The standard InChI is InChI=1S/C21H29N.ClH/c1-17(2)22(18(3)4)16-15-21(19-11-7-5-8-12-19)20-13-9-6-10-14-20;/h5-14,17-18,21H,15-16H2,1-4H3;1H. The van der Waals surface area contributed by atoms with Crippen LogP contribution in [0.25, 0.3) is 0 Å². The molecule has 0 fully saturated rings. The summed E-state index contributed by atoms with van der Waals surface area (Å²) >= 11 is 0. The third-order valence-electron chi connectivity index (χ3n) is 4.41. The molecule has 0 radical (unpaired) electrons. The summed E-state index contributed by atoms with van der Waals surface area (Å²) in [6.07, 6.45) is 1.16. The topological polar surface area (TPSA) is 3.24 Å². The minimum absolute atomic E-state index is 0. The zero-order chi connectivity index (χ0) is 15.9. The molecule has 2 aromatic carbocycles. The largest absolute Gasteiger partial charge is 0.299 e. The van der Waals surface area contributed by atoms with E-state index in [1.54, 1.807) is 0 Å². The predicted octanol–water partition coefficient (Wildman–Crippen LogP) is 5.75. The molecule has 2 rings (SSSR count). The fraction of sp³-hybridized carbons (Fsp3) is 0.429. The van der Waals surface area contributed by atoms with E-state index in [0.29, 0.717) is 18.0 Å². The second-order valence-corrected chi connectivity index (χ2v) is 6.59. The zero-order valence-corrected chi connectivity index (χ0v) is 15.6. The molecule has 0 aromatic heterocycles. The highest BCUT2D eigenvalue weighted by molar-refractivity contribution is 5.85. The summed E-state index contributed by atoms with van der Waals surface area (Å²) in [6.45, 7) is 10.3. The number of nitrogens with zero attached hydrogens (tertiary/aromatic N) is 1. The van der Waals surface area contributed by atoms with Gasteiger partial charge >= 0.3 is 0 Å². The Morgan fingerprint density at radius 1 is 0.696 bits per heavy atom. The monoisotopic (exact) mass is 331 g/mol. The van der Waals surface area contributed by atoms with Crippen molar-refractivity contribution in [2.75, 3.05) is 6.54 Å². The van der Waals surface area contributed by atoms with E-state index >= 15 is 0 Å². The maximum atomic E-state index is 2.58. The molecule has 2 heteroatoms. The van der Waals surface area contributed by atoms with E-state index in [4.69, 9.17) is 0 Å². The molecule has 23 heavy (non-hydrogen) atoms. The SMILES string of the molecule is CC(C)N(CCC(c1ccccc1)c1ccccc1)C(C)C.Cl. The molecule has 0 saturated heterocycles. The van der Waals surface area contributed by atoms with Crippen molar-refractivity contribution < 1.29 is 0 Å². The minimum Gasteiger partial charge on any atom is -0.299 e. The van der Waals surface area contributed by atoms with Gasteiger partial charge in [0.2, 0.25) is 0 Å². The van der Waals surface area contributed by atoms with Crippen LogP contribution in [0.2, 0.25) is 0 Å². The number of hydrogen-bond acceptors (Lipinski definition) is 1. The van der Waals surface area contributed by atoms with Gasteiger partial charge in [-0.1, -0.05) is 60.7 Å². The van der Waals surface area contributed by atoms with Crippen molar-refractivity contribution in [3.63, 3.8) is 0 Å². The molecule has 126 valence electrons. The van der Waals surface area contributed by atoms with E-state index in [-0.39, 0.29) is 12.4 Å². The van der Waals surface area contributed by atoms with E-state index in [1.165, 1.54) is 11.1 Å². The highest BCUT2D eigenvalue weighted by Crippen LogP contribution is 2.28. The molecule has 0 atom stereocenters. The maximum absolute atomic E-state index is 2.58. The van der Waals surface area contributed by atoms with Crippen LogP contribution >= 0.6 is 12.4 Å². The summed E-state index contributed by atoms with van der Waals surface area (Å²) in [4.78, 5) is 2.58. The van der Waals surface area contributed by atoms with Crippen LogP contribution in [0.1, 0.15) is 51.2 Å². The van der Waals surface area contributed by atoms with Crippen molar-refractivity contribution in [1.82, 2.24) is 4.90 Å². The summed E-state index contributed by atoms with van der Waals surface area (Å²) in [7, 11) is 0. The third-order valence-corrected chi connectivity index (χ3v) is 4.41. The molecule has 0 bridgehead atoms. The lowest BCUT2D eigenvalue weighted by Crippen LogP contribution is -2.38. The van der Waals surface area contributed by atoms with E-state index in [0.717, 1.165) is 13.0 Å². The Morgan fingerprint density at radius 3 is 1.43 bits per heavy atom. The van der Waals surface area contributed by atoms with Gasteiger partial charge in [-0.05, 0) is 51.8 Å². The molecule has 0 amide bonds. The van der Waals surface area contributed by atoms with Crippen molar-refractivity contribution in [3.05, 3.63) is 71.8 Å². The fourth-order valence-electron chi connectivity index (χ4n) is 3.29. The molecular formula is C21H30ClN. The normalized spacial score (nSPS) is 11.3. The van der Waals surface area contributed by atoms with Crippen LogP contribution in [0.5, 0.6) is 0 Å². The van der Waals surface area contributed by atoms with Crippen LogP contribution in [0.4, 0.5) is 0 Å². The number of rotatable bonds is 7. The first kappa shape index (κ1) is 19.7. The second kappa shape index (κ2) is 9.75. The summed E-state index contributed by atoms with van der Waals surface area (Å²) in [5.41, 5.74) is 2.84.